The van der Waals surface area contributed by atoms with Crippen LogP contribution >= 0.6 is 0 Å². The van der Waals surface area contributed by atoms with Crippen molar-refractivity contribution in [2.45, 2.75) is 96.9 Å². The van der Waals surface area contributed by atoms with Gasteiger partial charge in [-0.05, 0) is 86.2 Å². The molecule has 0 amide bonds. The monoisotopic (exact) mass is 328 g/mol. The van der Waals surface area contributed by atoms with Gasteiger partial charge in [-0.3, -0.25) is 9.80 Å². The minimum atomic E-state index is -0.458. The minimum absolute atomic E-state index is 0.0834. The van der Waals surface area contributed by atoms with E-state index in [-0.39, 0.29) is 6.10 Å². The average Bonchev–Trinajstić information content (AvgIpc) is 2.77. The van der Waals surface area contributed by atoms with Gasteiger partial charge in [0.2, 0.25) is 0 Å². The Bertz CT molecular complexity index is 318. The van der Waals surface area contributed by atoms with Crippen molar-refractivity contribution in [2.75, 3.05) is 26.2 Å². The summed E-state index contributed by atoms with van der Waals surface area (Å²) >= 11 is 0. The summed E-state index contributed by atoms with van der Waals surface area (Å²) in [5, 5.41) is 19.4. The first-order valence-corrected chi connectivity index (χ1v) is 9.60. The summed E-state index contributed by atoms with van der Waals surface area (Å²) in [6.07, 6.45) is 6.68. The highest BCUT2D eigenvalue weighted by atomic mass is 16.3. The Kier molecular flexibility index (Phi) is 9.06. The fourth-order valence-corrected chi connectivity index (χ4v) is 3.47. The standard InChI is InChI=1S/C10H21NO.C9H19NO/c1-9(2)11-7-5-4-6-10(3,12)8-11;1-8(2)10-6-4-3-5-9(11)7-10/h9,12H,4-8H2,1-3H3;8-9,11H,3-7H2,1-2H3. The molecule has 0 aliphatic carbocycles. The van der Waals surface area contributed by atoms with Crippen LogP contribution in [0.4, 0.5) is 0 Å². The first-order chi connectivity index (χ1) is 10.7. The van der Waals surface area contributed by atoms with Crippen LogP contribution < -0.4 is 0 Å². The van der Waals surface area contributed by atoms with Gasteiger partial charge in [-0.2, -0.15) is 0 Å². The van der Waals surface area contributed by atoms with Gasteiger partial charge in [0.15, 0.2) is 0 Å². The Labute approximate surface area is 143 Å². The van der Waals surface area contributed by atoms with Crippen LogP contribution in [-0.2, 0) is 0 Å². The molecular weight excluding hydrogens is 288 g/mol. The second-order valence-corrected chi connectivity index (χ2v) is 8.26. The average molecular weight is 329 g/mol. The van der Waals surface area contributed by atoms with Crippen molar-refractivity contribution in [3.05, 3.63) is 0 Å². The largest absolute Gasteiger partial charge is 0.392 e. The number of likely N-dealkylation sites (tertiary alicyclic amines) is 2. The molecule has 2 aliphatic heterocycles. The normalized spacial score (nSPS) is 31.4. The number of aliphatic hydroxyl groups is 2. The third-order valence-corrected chi connectivity index (χ3v) is 5.09. The molecule has 138 valence electrons. The van der Waals surface area contributed by atoms with E-state index in [0.717, 1.165) is 45.4 Å². The third-order valence-electron chi connectivity index (χ3n) is 5.09. The molecule has 2 aliphatic rings. The molecule has 2 heterocycles. The van der Waals surface area contributed by atoms with Crippen molar-refractivity contribution >= 4 is 0 Å². The summed E-state index contributed by atoms with van der Waals surface area (Å²) in [6.45, 7) is 14.7. The zero-order chi connectivity index (χ0) is 17.5. The van der Waals surface area contributed by atoms with Gasteiger partial charge in [0.25, 0.3) is 0 Å². The zero-order valence-electron chi connectivity index (χ0n) is 16.1. The van der Waals surface area contributed by atoms with E-state index >= 15 is 0 Å². The number of β-amino-alcohol motifs (C(OH)–C–C–N with tert-alkyl or cyclic N) is 2. The second kappa shape index (κ2) is 9.97. The molecule has 2 rings (SSSR count). The molecule has 2 fully saturated rings. The van der Waals surface area contributed by atoms with Gasteiger partial charge < -0.3 is 10.2 Å². The summed E-state index contributed by atoms with van der Waals surface area (Å²) in [5.74, 6) is 0. The molecule has 4 nitrogen and oxygen atoms in total. The molecule has 4 heteroatoms. The number of nitrogens with zero attached hydrogens (tertiary/aromatic N) is 2. The van der Waals surface area contributed by atoms with Crippen LogP contribution in [0.3, 0.4) is 0 Å². The summed E-state index contributed by atoms with van der Waals surface area (Å²) in [4.78, 5) is 4.73. The number of aliphatic hydroxyl groups excluding tert-OH is 1. The van der Waals surface area contributed by atoms with E-state index in [0.29, 0.717) is 12.1 Å². The van der Waals surface area contributed by atoms with E-state index < -0.39 is 5.60 Å². The van der Waals surface area contributed by atoms with Gasteiger partial charge in [0.1, 0.15) is 0 Å². The maximum absolute atomic E-state index is 9.93. The Morgan fingerprint density at radius 2 is 1.48 bits per heavy atom. The minimum Gasteiger partial charge on any atom is -0.392 e. The lowest BCUT2D eigenvalue weighted by Gasteiger charge is -2.31. The lowest BCUT2D eigenvalue weighted by atomic mass is 10.0. The van der Waals surface area contributed by atoms with Crippen molar-refractivity contribution in [1.29, 1.82) is 0 Å². The third kappa shape index (κ3) is 8.48. The van der Waals surface area contributed by atoms with Gasteiger partial charge in [0.05, 0.1) is 11.7 Å². The molecule has 2 unspecified atom stereocenters. The molecule has 0 radical (unpaired) electrons. The van der Waals surface area contributed by atoms with Crippen LogP contribution in [0.1, 0.15) is 73.1 Å². The van der Waals surface area contributed by atoms with Crippen LogP contribution in [0.25, 0.3) is 0 Å². The highest BCUT2D eigenvalue weighted by Crippen LogP contribution is 2.21. The Balaban J connectivity index is 0.000000231. The van der Waals surface area contributed by atoms with E-state index in [4.69, 9.17) is 0 Å². The van der Waals surface area contributed by atoms with E-state index in [2.05, 4.69) is 37.5 Å². The molecule has 2 atom stereocenters. The summed E-state index contributed by atoms with van der Waals surface area (Å²) in [6, 6.07) is 1.15. The van der Waals surface area contributed by atoms with Crippen molar-refractivity contribution in [2.24, 2.45) is 0 Å². The Morgan fingerprint density at radius 1 is 0.913 bits per heavy atom. The smallest absolute Gasteiger partial charge is 0.0746 e. The molecule has 0 aromatic rings. The SMILES string of the molecule is CC(C)N1CCCCC(C)(O)C1.CC(C)N1CCCCC(O)C1. The molecule has 0 saturated carbocycles. The quantitative estimate of drug-likeness (QED) is 0.818. The summed E-state index contributed by atoms with van der Waals surface area (Å²) in [5.41, 5.74) is -0.458. The highest BCUT2D eigenvalue weighted by molar-refractivity contribution is 4.82. The van der Waals surface area contributed by atoms with Crippen molar-refractivity contribution in [3.63, 3.8) is 0 Å². The maximum Gasteiger partial charge on any atom is 0.0746 e. The molecule has 2 saturated heterocycles. The van der Waals surface area contributed by atoms with Crippen LogP contribution in [0.2, 0.25) is 0 Å². The molecule has 0 aromatic carbocycles. The van der Waals surface area contributed by atoms with Gasteiger partial charge in [0, 0.05) is 25.2 Å². The van der Waals surface area contributed by atoms with E-state index in [1.54, 1.807) is 0 Å². The number of hydrogen-bond donors (Lipinski definition) is 2. The second-order valence-electron chi connectivity index (χ2n) is 8.26. The van der Waals surface area contributed by atoms with Crippen LogP contribution in [0, 0.1) is 0 Å². The first kappa shape index (κ1) is 20.9. The highest BCUT2D eigenvalue weighted by Gasteiger charge is 2.27. The Hall–Kier alpha value is -0.160. The maximum atomic E-state index is 9.93. The summed E-state index contributed by atoms with van der Waals surface area (Å²) < 4.78 is 0. The number of hydrogen-bond acceptors (Lipinski definition) is 4. The molecule has 2 N–H and O–H groups in total. The lowest BCUT2D eigenvalue weighted by Crippen LogP contribution is -2.42. The van der Waals surface area contributed by atoms with Gasteiger partial charge in [-0.25, -0.2) is 0 Å². The topological polar surface area (TPSA) is 46.9 Å². The van der Waals surface area contributed by atoms with Gasteiger partial charge in [-0.15, -0.1) is 0 Å². The predicted molar refractivity (Wildman–Crippen MR) is 97.8 cm³/mol. The van der Waals surface area contributed by atoms with Crippen LogP contribution in [-0.4, -0.2) is 70.0 Å². The fourth-order valence-electron chi connectivity index (χ4n) is 3.47. The number of rotatable bonds is 2. The molecular formula is C19H40N2O2. The van der Waals surface area contributed by atoms with E-state index in [1.807, 2.05) is 6.92 Å². The van der Waals surface area contributed by atoms with Crippen LogP contribution in [0.5, 0.6) is 0 Å². The van der Waals surface area contributed by atoms with Gasteiger partial charge in [-0.1, -0.05) is 0 Å². The van der Waals surface area contributed by atoms with E-state index in [9.17, 15) is 10.2 Å². The van der Waals surface area contributed by atoms with Gasteiger partial charge >= 0.3 is 0 Å². The fraction of sp³-hybridized carbons (Fsp3) is 1.00. The molecule has 0 bridgehead atoms. The van der Waals surface area contributed by atoms with E-state index in [1.165, 1.54) is 19.3 Å². The molecule has 0 aromatic heterocycles. The Morgan fingerprint density at radius 3 is 2.09 bits per heavy atom. The zero-order valence-corrected chi connectivity index (χ0v) is 16.1. The van der Waals surface area contributed by atoms with Crippen molar-refractivity contribution in [1.82, 2.24) is 9.80 Å². The molecule has 0 spiro atoms. The van der Waals surface area contributed by atoms with Crippen molar-refractivity contribution < 1.29 is 10.2 Å². The van der Waals surface area contributed by atoms with Crippen LogP contribution in [0.15, 0.2) is 0 Å². The summed E-state index contributed by atoms with van der Waals surface area (Å²) in [7, 11) is 0. The predicted octanol–water partition coefficient (Wildman–Crippen LogP) is 2.87. The first-order valence-electron chi connectivity index (χ1n) is 9.60. The molecule has 23 heavy (non-hydrogen) atoms. The lowest BCUT2D eigenvalue weighted by molar-refractivity contribution is 0.0157. The van der Waals surface area contributed by atoms with Crippen molar-refractivity contribution in [3.8, 4) is 0 Å².